The summed E-state index contributed by atoms with van der Waals surface area (Å²) in [5.41, 5.74) is 0. The van der Waals surface area contributed by atoms with Crippen molar-refractivity contribution in [2.45, 2.75) is 151 Å². The molecule has 0 N–H and O–H groups in total. The normalized spacial score (nSPS) is 11.8. The number of allylic oxidation sites excluding steroid dienone is 6. The molecule has 0 unspecified atom stereocenters. The van der Waals surface area contributed by atoms with Crippen LogP contribution in [0, 0.1) is 23.7 Å². The van der Waals surface area contributed by atoms with E-state index in [1.165, 1.54) is 0 Å². The molecule has 3 heterocycles. The summed E-state index contributed by atoms with van der Waals surface area (Å²) in [6.07, 6.45) is 25.3. The Morgan fingerprint density at radius 3 is 0.909 bits per heavy atom. The lowest BCUT2D eigenvalue weighted by molar-refractivity contribution is 0.736. The molecule has 44 heavy (non-hydrogen) atoms. The first kappa shape index (κ1) is 60.8. The maximum Gasteiger partial charge on any atom is 0.109 e. The van der Waals surface area contributed by atoms with Gasteiger partial charge >= 0.3 is 0 Å². The van der Waals surface area contributed by atoms with Crippen LogP contribution in [-0.2, 0) is 0 Å². The van der Waals surface area contributed by atoms with Gasteiger partial charge in [-0.25, -0.2) is 4.99 Å². The molecular weight excluding hydrogens is 536 g/mol. The second-order valence-corrected chi connectivity index (χ2v) is 10.7. The summed E-state index contributed by atoms with van der Waals surface area (Å²) in [7, 11) is 0. The third kappa shape index (κ3) is 190. The van der Waals surface area contributed by atoms with Gasteiger partial charge < -0.3 is 0 Å². The molecule has 0 bridgehead atoms. The van der Waals surface area contributed by atoms with Crippen molar-refractivity contribution >= 4 is 25.0 Å². The van der Waals surface area contributed by atoms with Gasteiger partial charge in [0, 0.05) is 31.3 Å². The van der Waals surface area contributed by atoms with Crippen LogP contribution in [0.2, 0.25) is 0 Å². The zero-order chi connectivity index (χ0) is 36.5. The minimum Gasteiger partial charge on any atom is -0.289 e. The van der Waals surface area contributed by atoms with Crippen LogP contribution in [0.3, 0.4) is 0 Å². The Hall–Kier alpha value is -2.36. The van der Waals surface area contributed by atoms with Gasteiger partial charge in [0.2, 0.25) is 0 Å². The topological polar surface area (TPSA) is 49.4 Å². The maximum absolute atomic E-state index is 3.85. The van der Waals surface area contributed by atoms with Crippen LogP contribution in [0.5, 0.6) is 0 Å². The minimum absolute atomic E-state index is 0.778. The van der Waals surface area contributed by atoms with E-state index < -0.39 is 0 Å². The van der Waals surface area contributed by atoms with E-state index in [2.05, 4.69) is 127 Å². The van der Waals surface area contributed by atoms with Crippen molar-refractivity contribution in [1.82, 2.24) is 0 Å². The molecule has 3 aliphatic heterocycles. The number of hydrogen-bond acceptors (Lipinski definition) is 4. The molecule has 0 atom stereocenters. The Kier molecular flexibility index (Phi) is 100. The lowest BCUT2D eigenvalue weighted by Crippen LogP contribution is -1.66. The van der Waals surface area contributed by atoms with Crippen molar-refractivity contribution in [3.05, 3.63) is 48.7 Å². The highest BCUT2D eigenvalue weighted by Crippen LogP contribution is 1.93. The van der Waals surface area contributed by atoms with Crippen LogP contribution >= 0.6 is 0 Å². The van der Waals surface area contributed by atoms with Crippen LogP contribution in [0.4, 0.5) is 0 Å². The first-order valence-corrected chi connectivity index (χ1v) is 17.6. The summed E-state index contributed by atoms with van der Waals surface area (Å²) in [5, 5.41) is 0. The predicted molar refractivity (Wildman–Crippen MR) is 217 cm³/mol. The average molecular weight is 621 g/mol. The van der Waals surface area contributed by atoms with Crippen molar-refractivity contribution in [2.24, 2.45) is 43.6 Å². The largest absolute Gasteiger partial charge is 0.289 e. The Bertz CT molecular complexity index is 467. The summed E-state index contributed by atoms with van der Waals surface area (Å²) in [6.45, 7) is 43.7. The highest BCUT2D eigenvalue weighted by atomic mass is 14.9. The molecule has 1 aliphatic carbocycles. The van der Waals surface area contributed by atoms with Crippen molar-refractivity contribution in [3.63, 3.8) is 0 Å². The molecule has 0 aromatic carbocycles. The fourth-order valence-corrected chi connectivity index (χ4v) is 1.24. The van der Waals surface area contributed by atoms with Crippen LogP contribution in [0.1, 0.15) is 151 Å². The molecule has 0 spiro atoms. The zero-order valence-electron chi connectivity index (χ0n) is 33.9. The first-order valence-electron chi connectivity index (χ1n) is 17.6. The minimum atomic E-state index is 0.778. The number of nitrogens with zero attached hydrogens (tertiary/aromatic N) is 4. The van der Waals surface area contributed by atoms with E-state index >= 15 is 0 Å². The standard InChI is InChI=1S/C5H6.2C4H5N.4C4H10.C3H4N2.4C2H6/c3*1-2-4-5-3-1;4*1-4(2)3;1-2-5-3-4-1;4*1-2/h1-4H,5H2;1,3-4H,2H2;1-3H,4H2;4*4H,1-3H3;1,3H,2H2;4*1-2H3. The molecule has 0 saturated carbocycles. The van der Waals surface area contributed by atoms with Gasteiger partial charge in [0.1, 0.15) is 6.34 Å². The van der Waals surface area contributed by atoms with Gasteiger partial charge in [-0.05, 0) is 36.2 Å². The fraction of sp³-hybridized carbons (Fsp3) is 0.700. The second kappa shape index (κ2) is 72.7. The smallest absolute Gasteiger partial charge is 0.109 e. The van der Waals surface area contributed by atoms with Crippen LogP contribution in [0.15, 0.2) is 68.7 Å². The van der Waals surface area contributed by atoms with E-state index in [1.807, 2.05) is 79.8 Å². The zero-order valence-corrected chi connectivity index (χ0v) is 33.9. The van der Waals surface area contributed by atoms with Gasteiger partial charge in [0.25, 0.3) is 0 Å². The van der Waals surface area contributed by atoms with Crippen molar-refractivity contribution in [1.29, 1.82) is 0 Å². The van der Waals surface area contributed by atoms with Gasteiger partial charge in [-0.1, -0.05) is 175 Å². The van der Waals surface area contributed by atoms with Crippen molar-refractivity contribution in [2.75, 3.05) is 13.1 Å². The van der Waals surface area contributed by atoms with Gasteiger partial charge in [-0.2, -0.15) is 0 Å². The van der Waals surface area contributed by atoms with E-state index in [0.717, 1.165) is 49.6 Å². The monoisotopic (exact) mass is 621 g/mol. The number of rotatable bonds is 0. The molecule has 4 heteroatoms. The van der Waals surface area contributed by atoms with E-state index in [0.29, 0.717) is 0 Å². The molecule has 0 aromatic rings. The second-order valence-electron chi connectivity index (χ2n) is 10.7. The van der Waals surface area contributed by atoms with Gasteiger partial charge in [0.15, 0.2) is 0 Å². The quantitative estimate of drug-likeness (QED) is 0.259. The Morgan fingerprint density at radius 1 is 0.409 bits per heavy atom. The van der Waals surface area contributed by atoms with Crippen LogP contribution < -0.4 is 0 Å². The van der Waals surface area contributed by atoms with E-state index in [-0.39, 0.29) is 0 Å². The molecule has 264 valence electrons. The fourth-order valence-electron chi connectivity index (χ4n) is 1.24. The Balaban J connectivity index is -0.0000000545. The van der Waals surface area contributed by atoms with E-state index in [1.54, 1.807) is 25.0 Å². The molecule has 4 nitrogen and oxygen atoms in total. The molecule has 0 amide bonds. The summed E-state index contributed by atoms with van der Waals surface area (Å²) < 4.78 is 0. The highest BCUT2D eigenvalue weighted by Gasteiger charge is 1.75. The molecule has 0 saturated heterocycles. The summed E-state index contributed by atoms with van der Waals surface area (Å²) in [4.78, 5) is 15.0. The summed E-state index contributed by atoms with van der Waals surface area (Å²) in [6, 6.07) is 0. The number of hydrogen-bond donors (Lipinski definition) is 0. The highest BCUT2D eigenvalue weighted by molar-refractivity contribution is 5.79. The maximum atomic E-state index is 3.85. The lowest BCUT2D eigenvalue weighted by Gasteiger charge is -1.79. The molecule has 4 aliphatic rings. The predicted octanol–water partition coefficient (Wildman–Crippen LogP) is 14.0. The SMILES string of the molecule is C1=CCC=C1.C1=CCN=C1.C1=CN=CC1.C1=NC=NC1.CC.CC.CC.CC.CC(C)C.CC(C)C.CC(C)C.CC(C)C. The van der Waals surface area contributed by atoms with Gasteiger partial charge in [-0.15, -0.1) is 0 Å². The van der Waals surface area contributed by atoms with Gasteiger partial charge in [0.05, 0.1) is 13.1 Å². The molecule has 4 rings (SSSR count). The lowest BCUT2D eigenvalue weighted by atomic mass is 10.3. The average Bonchev–Trinajstić information content (AvgIpc) is 3.83. The first-order chi connectivity index (χ1) is 20.9. The van der Waals surface area contributed by atoms with E-state index in [9.17, 15) is 0 Å². The molecule has 0 fully saturated rings. The van der Waals surface area contributed by atoms with Crippen molar-refractivity contribution < 1.29 is 0 Å². The third-order valence-corrected chi connectivity index (χ3v) is 2.17. The van der Waals surface area contributed by atoms with Crippen molar-refractivity contribution in [3.8, 4) is 0 Å². The number of aliphatic imine (C=N–C) groups is 4. The Labute approximate surface area is 281 Å². The summed E-state index contributed by atoms with van der Waals surface area (Å²) in [5.74, 6) is 3.33. The summed E-state index contributed by atoms with van der Waals surface area (Å²) >= 11 is 0. The molecule has 0 radical (unpaired) electrons. The Morgan fingerprint density at radius 2 is 0.818 bits per heavy atom. The third-order valence-electron chi connectivity index (χ3n) is 2.17. The molecular formula is C40H84N4. The van der Waals surface area contributed by atoms with Crippen LogP contribution in [0.25, 0.3) is 0 Å². The van der Waals surface area contributed by atoms with E-state index in [4.69, 9.17) is 0 Å². The molecule has 0 aromatic heterocycles. The van der Waals surface area contributed by atoms with Gasteiger partial charge in [-0.3, -0.25) is 15.0 Å². The van der Waals surface area contributed by atoms with Crippen LogP contribution in [-0.4, -0.2) is 38.1 Å².